The molecule has 94 valence electrons. The first-order valence-corrected chi connectivity index (χ1v) is 6.35. The Morgan fingerprint density at radius 1 is 1.35 bits per heavy atom. The van der Waals surface area contributed by atoms with Crippen LogP contribution < -0.4 is 0 Å². The van der Waals surface area contributed by atoms with E-state index in [2.05, 4.69) is 0 Å². The highest BCUT2D eigenvalue weighted by Gasteiger charge is 2.05. The summed E-state index contributed by atoms with van der Waals surface area (Å²) in [4.78, 5) is 11.7. The Morgan fingerprint density at radius 2 is 2.12 bits per heavy atom. The quantitative estimate of drug-likeness (QED) is 0.579. The smallest absolute Gasteiger partial charge is 0.306 e. The van der Waals surface area contributed by atoms with Crippen molar-refractivity contribution < 1.29 is 18.3 Å². The summed E-state index contributed by atoms with van der Waals surface area (Å²) in [5.41, 5.74) is 0. The lowest BCUT2D eigenvalue weighted by Gasteiger charge is -2.03. The van der Waals surface area contributed by atoms with Crippen molar-refractivity contribution in [2.45, 2.75) is 24.7 Å². The maximum absolute atomic E-state index is 12.9. The SMILES string of the molecule is CCCOC(=O)CCSc1ccc(F)c(F)c1. The Kier molecular flexibility index (Phi) is 5.97. The molecule has 0 aliphatic rings. The van der Waals surface area contributed by atoms with Crippen LogP contribution in [0.5, 0.6) is 0 Å². The normalized spacial score (nSPS) is 10.3. The Hall–Kier alpha value is -1.10. The van der Waals surface area contributed by atoms with Crippen molar-refractivity contribution in [3.05, 3.63) is 29.8 Å². The summed E-state index contributed by atoms with van der Waals surface area (Å²) in [6.45, 7) is 2.35. The fourth-order valence-corrected chi connectivity index (χ4v) is 1.96. The maximum atomic E-state index is 12.9. The van der Waals surface area contributed by atoms with Gasteiger partial charge in [-0.3, -0.25) is 4.79 Å². The monoisotopic (exact) mass is 260 g/mol. The summed E-state index contributed by atoms with van der Waals surface area (Å²) in [6, 6.07) is 3.69. The zero-order valence-electron chi connectivity index (χ0n) is 9.54. The largest absolute Gasteiger partial charge is 0.466 e. The third kappa shape index (κ3) is 5.17. The molecule has 0 amide bonds. The van der Waals surface area contributed by atoms with Crippen molar-refractivity contribution >= 4 is 17.7 Å². The van der Waals surface area contributed by atoms with Crippen molar-refractivity contribution in [3.8, 4) is 0 Å². The maximum Gasteiger partial charge on any atom is 0.306 e. The number of ether oxygens (including phenoxy) is 1. The van der Waals surface area contributed by atoms with E-state index < -0.39 is 11.6 Å². The van der Waals surface area contributed by atoms with Crippen LogP contribution in [0.25, 0.3) is 0 Å². The Bertz CT molecular complexity index is 383. The molecule has 0 aromatic heterocycles. The van der Waals surface area contributed by atoms with Crippen LogP contribution in [0, 0.1) is 11.6 Å². The number of halogens is 2. The van der Waals surface area contributed by atoms with Crippen molar-refractivity contribution in [3.63, 3.8) is 0 Å². The number of esters is 1. The molecule has 0 bridgehead atoms. The van der Waals surface area contributed by atoms with Crippen LogP contribution in [0.2, 0.25) is 0 Å². The first-order chi connectivity index (χ1) is 8.13. The average Bonchev–Trinajstić information content (AvgIpc) is 2.31. The molecule has 17 heavy (non-hydrogen) atoms. The highest BCUT2D eigenvalue weighted by molar-refractivity contribution is 7.99. The fourth-order valence-electron chi connectivity index (χ4n) is 1.11. The third-order valence-corrected chi connectivity index (χ3v) is 2.93. The van der Waals surface area contributed by atoms with E-state index in [1.165, 1.54) is 17.8 Å². The van der Waals surface area contributed by atoms with Gasteiger partial charge in [-0.2, -0.15) is 0 Å². The van der Waals surface area contributed by atoms with E-state index >= 15 is 0 Å². The molecule has 0 heterocycles. The number of rotatable bonds is 6. The van der Waals surface area contributed by atoms with Gasteiger partial charge in [0.05, 0.1) is 13.0 Å². The van der Waals surface area contributed by atoms with Gasteiger partial charge in [0.15, 0.2) is 11.6 Å². The van der Waals surface area contributed by atoms with Gasteiger partial charge in [0.2, 0.25) is 0 Å². The van der Waals surface area contributed by atoms with E-state index in [0.717, 1.165) is 18.6 Å². The minimum atomic E-state index is -0.872. The summed E-state index contributed by atoms with van der Waals surface area (Å²) in [5, 5.41) is 0. The van der Waals surface area contributed by atoms with Crippen LogP contribution in [0.3, 0.4) is 0 Å². The van der Waals surface area contributed by atoms with Crippen molar-refractivity contribution in [2.24, 2.45) is 0 Å². The standard InChI is InChI=1S/C12H14F2O2S/c1-2-6-16-12(15)5-7-17-9-3-4-10(13)11(14)8-9/h3-4,8H,2,5-7H2,1H3. The average molecular weight is 260 g/mol. The molecule has 0 aliphatic carbocycles. The van der Waals surface area contributed by atoms with Crippen LogP contribution in [-0.2, 0) is 9.53 Å². The van der Waals surface area contributed by atoms with E-state index in [0.29, 0.717) is 17.3 Å². The van der Waals surface area contributed by atoms with E-state index in [4.69, 9.17) is 4.74 Å². The fraction of sp³-hybridized carbons (Fsp3) is 0.417. The van der Waals surface area contributed by atoms with Crippen LogP contribution in [-0.4, -0.2) is 18.3 Å². The minimum Gasteiger partial charge on any atom is -0.466 e. The summed E-state index contributed by atoms with van der Waals surface area (Å²) in [6.07, 6.45) is 1.06. The Labute approximate surface area is 103 Å². The second kappa shape index (κ2) is 7.27. The van der Waals surface area contributed by atoms with E-state index in [9.17, 15) is 13.6 Å². The van der Waals surface area contributed by atoms with Crippen molar-refractivity contribution in [2.75, 3.05) is 12.4 Å². The summed E-state index contributed by atoms with van der Waals surface area (Å²) in [5.74, 6) is -1.50. The van der Waals surface area contributed by atoms with E-state index in [1.54, 1.807) is 0 Å². The third-order valence-electron chi connectivity index (χ3n) is 1.93. The molecule has 0 N–H and O–H groups in total. The number of hydrogen-bond donors (Lipinski definition) is 0. The predicted molar refractivity (Wildman–Crippen MR) is 62.9 cm³/mol. The molecule has 1 rings (SSSR count). The number of benzene rings is 1. The van der Waals surface area contributed by atoms with Crippen LogP contribution >= 0.6 is 11.8 Å². The van der Waals surface area contributed by atoms with E-state index in [-0.39, 0.29) is 12.4 Å². The number of hydrogen-bond acceptors (Lipinski definition) is 3. The van der Waals surface area contributed by atoms with Gasteiger partial charge in [0.25, 0.3) is 0 Å². The molecule has 0 aliphatic heterocycles. The highest BCUT2D eigenvalue weighted by Crippen LogP contribution is 2.21. The molecule has 0 saturated heterocycles. The lowest BCUT2D eigenvalue weighted by atomic mass is 10.3. The number of thioether (sulfide) groups is 1. The van der Waals surface area contributed by atoms with Crippen molar-refractivity contribution in [1.82, 2.24) is 0 Å². The molecule has 0 spiro atoms. The zero-order valence-corrected chi connectivity index (χ0v) is 10.4. The molecule has 0 unspecified atom stereocenters. The number of carbonyl (C=O) groups excluding carboxylic acids is 1. The zero-order chi connectivity index (χ0) is 12.7. The first-order valence-electron chi connectivity index (χ1n) is 5.37. The van der Waals surface area contributed by atoms with Gasteiger partial charge < -0.3 is 4.74 Å². The molecular weight excluding hydrogens is 246 g/mol. The van der Waals surface area contributed by atoms with Gasteiger partial charge >= 0.3 is 5.97 Å². The van der Waals surface area contributed by atoms with Gasteiger partial charge in [0, 0.05) is 10.6 Å². The molecule has 0 atom stereocenters. The number of carbonyl (C=O) groups is 1. The van der Waals surface area contributed by atoms with Gasteiger partial charge in [-0.25, -0.2) is 8.78 Å². The predicted octanol–water partition coefficient (Wildman–Crippen LogP) is 3.40. The molecule has 0 saturated carbocycles. The first kappa shape index (κ1) is 14.0. The Morgan fingerprint density at radius 3 is 2.76 bits per heavy atom. The highest BCUT2D eigenvalue weighted by atomic mass is 32.2. The van der Waals surface area contributed by atoms with Crippen LogP contribution in [0.15, 0.2) is 23.1 Å². The van der Waals surface area contributed by atoms with Gasteiger partial charge in [-0.15, -0.1) is 11.8 Å². The molecule has 1 aromatic carbocycles. The summed E-state index contributed by atoms with van der Waals surface area (Å²) >= 11 is 1.30. The lowest BCUT2D eigenvalue weighted by Crippen LogP contribution is -2.05. The molecule has 0 fully saturated rings. The molecule has 1 aromatic rings. The minimum absolute atomic E-state index is 0.262. The van der Waals surface area contributed by atoms with E-state index in [1.807, 2.05) is 6.92 Å². The molecule has 0 radical (unpaired) electrons. The van der Waals surface area contributed by atoms with Crippen molar-refractivity contribution in [1.29, 1.82) is 0 Å². The van der Waals surface area contributed by atoms with Gasteiger partial charge in [-0.05, 0) is 24.6 Å². The van der Waals surface area contributed by atoms with Gasteiger partial charge in [-0.1, -0.05) is 6.92 Å². The molecule has 2 nitrogen and oxygen atoms in total. The second-order valence-electron chi connectivity index (χ2n) is 3.39. The second-order valence-corrected chi connectivity index (χ2v) is 4.56. The molecular formula is C12H14F2O2S. The van der Waals surface area contributed by atoms with Crippen LogP contribution in [0.1, 0.15) is 19.8 Å². The Balaban J connectivity index is 2.30. The summed E-state index contributed by atoms with van der Waals surface area (Å²) < 4.78 is 30.4. The topological polar surface area (TPSA) is 26.3 Å². The van der Waals surface area contributed by atoms with Crippen LogP contribution in [0.4, 0.5) is 8.78 Å². The summed E-state index contributed by atoms with van der Waals surface area (Å²) in [7, 11) is 0. The lowest BCUT2D eigenvalue weighted by molar-refractivity contribution is -0.143. The van der Waals surface area contributed by atoms with Gasteiger partial charge in [0.1, 0.15) is 0 Å². The molecule has 5 heteroatoms.